The van der Waals surface area contributed by atoms with Crippen molar-refractivity contribution in [3.8, 4) is 0 Å². The second-order valence-corrected chi connectivity index (χ2v) is 10.1. The number of H-pyrrole nitrogens is 1. The van der Waals surface area contributed by atoms with Gasteiger partial charge in [0, 0.05) is 42.4 Å². The number of morpholine rings is 1. The summed E-state index contributed by atoms with van der Waals surface area (Å²) in [4.78, 5) is 26.6. The second-order valence-electron chi connectivity index (χ2n) is 9.10. The lowest BCUT2D eigenvalue weighted by Crippen LogP contribution is -2.36. The molecular weight excluding hydrogens is 480 g/mol. The first-order chi connectivity index (χ1) is 18.2. The highest BCUT2D eigenvalue weighted by molar-refractivity contribution is 8.18. The molecule has 0 aliphatic carbocycles. The average Bonchev–Trinajstić information content (AvgIpc) is 3.49. The number of thioether (sulfide) groups is 1. The molecule has 1 amide bonds. The van der Waals surface area contributed by atoms with Crippen molar-refractivity contribution >= 4 is 51.2 Å². The van der Waals surface area contributed by atoms with Crippen LogP contribution < -0.4 is 4.90 Å². The zero-order valence-corrected chi connectivity index (χ0v) is 21.3. The van der Waals surface area contributed by atoms with Gasteiger partial charge in [-0.2, -0.15) is 0 Å². The Bertz CT molecular complexity index is 1450. The quantitative estimate of drug-likeness (QED) is 0.332. The van der Waals surface area contributed by atoms with Gasteiger partial charge in [-0.1, -0.05) is 48.5 Å². The molecule has 2 aliphatic heterocycles. The van der Waals surface area contributed by atoms with E-state index in [4.69, 9.17) is 9.73 Å². The fourth-order valence-electron chi connectivity index (χ4n) is 4.73. The number of aromatic amines is 1. The smallest absolute Gasteiger partial charge is 0.266 e. The summed E-state index contributed by atoms with van der Waals surface area (Å²) >= 11 is 1.44. The monoisotopic (exact) mass is 508 g/mol. The topological polar surface area (TPSA) is 60.9 Å². The molecule has 2 fully saturated rings. The van der Waals surface area contributed by atoms with Crippen molar-refractivity contribution in [3.05, 3.63) is 101 Å². The van der Waals surface area contributed by atoms with Gasteiger partial charge < -0.3 is 14.6 Å². The number of ether oxygens (including phenoxy) is 1. The van der Waals surface area contributed by atoms with E-state index in [0.717, 1.165) is 49.5 Å². The first kappa shape index (κ1) is 23.6. The number of carbonyl (C=O) groups is 1. The first-order valence-corrected chi connectivity index (χ1v) is 13.4. The minimum atomic E-state index is -0.00298. The van der Waals surface area contributed by atoms with Gasteiger partial charge in [0.15, 0.2) is 5.17 Å². The lowest BCUT2D eigenvalue weighted by molar-refractivity contribution is -0.122. The van der Waals surface area contributed by atoms with E-state index in [9.17, 15) is 4.79 Å². The van der Waals surface area contributed by atoms with E-state index in [0.29, 0.717) is 16.6 Å². The third kappa shape index (κ3) is 5.19. The van der Waals surface area contributed by atoms with E-state index < -0.39 is 0 Å². The summed E-state index contributed by atoms with van der Waals surface area (Å²) in [6.07, 6.45) is 4.76. The number of nitrogens with one attached hydrogen (secondary N) is 1. The molecule has 3 heterocycles. The van der Waals surface area contributed by atoms with E-state index in [1.807, 2.05) is 59.6 Å². The molecule has 0 atom stereocenters. The zero-order chi connectivity index (χ0) is 25.0. The normalized spacial score (nSPS) is 18.4. The van der Waals surface area contributed by atoms with Crippen LogP contribution in [-0.2, 0) is 16.0 Å². The maximum Gasteiger partial charge on any atom is 0.266 e. The standard InChI is InChI=1S/C30H28N4O2S/c35-29-28(20-22-10-12-25(13-11-22)33-16-18-36-19-17-33)37-30(32-24-6-2-1-3-7-24)34(29)15-14-23-21-31-27-9-5-4-8-26(23)27/h1-13,20-21,31H,14-19H2/b28-20-,32-30?. The lowest BCUT2D eigenvalue weighted by Gasteiger charge is -2.28. The molecule has 6 rings (SSSR count). The number of benzene rings is 3. The highest BCUT2D eigenvalue weighted by Gasteiger charge is 2.33. The molecule has 37 heavy (non-hydrogen) atoms. The van der Waals surface area contributed by atoms with Gasteiger partial charge in [0.25, 0.3) is 5.91 Å². The summed E-state index contributed by atoms with van der Waals surface area (Å²) in [6.45, 7) is 3.88. The van der Waals surface area contributed by atoms with Crippen molar-refractivity contribution in [2.45, 2.75) is 6.42 Å². The van der Waals surface area contributed by atoms with Crippen LogP contribution in [0.3, 0.4) is 0 Å². The van der Waals surface area contributed by atoms with Gasteiger partial charge in [0.1, 0.15) is 0 Å². The van der Waals surface area contributed by atoms with Gasteiger partial charge in [-0.25, -0.2) is 4.99 Å². The molecule has 0 saturated carbocycles. The molecule has 0 bridgehead atoms. The SMILES string of the molecule is O=C1/C(=C/c2ccc(N3CCOCC3)cc2)SC(=Nc2ccccc2)N1CCc1c[nH]c2ccccc12. The molecule has 0 radical (unpaired) electrons. The number of rotatable bonds is 6. The number of para-hydroxylation sites is 2. The summed E-state index contributed by atoms with van der Waals surface area (Å²) in [5.74, 6) is -0.00298. The summed E-state index contributed by atoms with van der Waals surface area (Å²) < 4.78 is 5.46. The second kappa shape index (κ2) is 10.7. The number of carbonyl (C=O) groups excluding carboxylic acids is 1. The molecule has 0 spiro atoms. The molecule has 1 N–H and O–H groups in total. The van der Waals surface area contributed by atoms with Gasteiger partial charge in [0.05, 0.1) is 23.8 Å². The number of hydrogen-bond donors (Lipinski definition) is 1. The van der Waals surface area contributed by atoms with Crippen LogP contribution in [0, 0.1) is 0 Å². The van der Waals surface area contributed by atoms with Crippen LogP contribution in [0.25, 0.3) is 17.0 Å². The van der Waals surface area contributed by atoms with Crippen LogP contribution in [0.2, 0.25) is 0 Å². The molecule has 3 aromatic carbocycles. The lowest BCUT2D eigenvalue weighted by atomic mass is 10.1. The Balaban J connectivity index is 1.25. The highest BCUT2D eigenvalue weighted by Crippen LogP contribution is 2.35. The Kier molecular flexibility index (Phi) is 6.80. The van der Waals surface area contributed by atoms with Crippen molar-refractivity contribution in [1.82, 2.24) is 9.88 Å². The predicted molar refractivity (Wildman–Crippen MR) is 152 cm³/mol. The van der Waals surface area contributed by atoms with E-state index >= 15 is 0 Å². The van der Waals surface area contributed by atoms with E-state index in [1.54, 1.807) is 0 Å². The molecule has 6 nitrogen and oxygen atoms in total. The Morgan fingerprint density at radius 2 is 1.70 bits per heavy atom. The van der Waals surface area contributed by atoms with E-state index in [1.165, 1.54) is 28.4 Å². The Labute approximate surface area is 220 Å². The summed E-state index contributed by atoms with van der Waals surface area (Å²) in [5.41, 5.74) is 5.33. The number of hydrogen-bond acceptors (Lipinski definition) is 5. The van der Waals surface area contributed by atoms with Gasteiger partial charge in [-0.3, -0.25) is 9.69 Å². The van der Waals surface area contributed by atoms with Crippen LogP contribution in [0.1, 0.15) is 11.1 Å². The van der Waals surface area contributed by atoms with Gasteiger partial charge in [-0.15, -0.1) is 0 Å². The summed E-state index contributed by atoms with van der Waals surface area (Å²) in [6, 6.07) is 26.5. The first-order valence-electron chi connectivity index (χ1n) is 12.6. The molecule has 186 valence electrons. The summed E-state index contributed by atoms with van der Waals surface area (Å²) in [5, 5.41) is 1.91. The number of nitrogens with zero attached hydrogens (tertiary/aromatic N) is 3. The Morgan fingerprint density at radius 3 is 2.51 bits per heavy atom. The third-order valence-corrected chi connectivity index (χ3v) is 7.72. The maximum absolute atomic E-state index is 13.6. The minimum absolute atomic E-state index is 0.00298. The molecule has 4 aromatic rings. The van der Waals surface area contributed by atoms with Crippen molar-refractivity contribution in [2.24, 2.45) is 4.99 Å². The number of fused-ring (bicyclic) bond motifs is 1. The van der Waals surface area contributed by atoms with E-state index in [2.05, 4.69) is 46.3 Å². The fraction of sp³-hybridized carbons (Fsp3) is 0.200. The molecule has 0 unspecified atom stereocenters. The highest BCUT2D eigenvalue weighted by atomic mass is 32.2. The van der Waals surface area contributed by atoms with Gasteiger partial charge in [-0.05, 0) is 65.7 Å². The maximum atomic E-state index is 13.6. The molecular formula is C30H28N4O2S. The average molecular weight is 509 g/mol. The molecule has 7 heteroatoms. The third-order valence-electron chi connectivity index (χ3n) is 6.72. The zero-order valence-electron chi connectivity index (χ0n) is 20.5. The number of amidine groups is 1. The van der Waals surface area contributed by atoms with Gasteiger partial charge in [0.2, 0.25) is 0 Å². The predicted octanol–water partition coefficient (Wildman–Crippen LogP) is 5.85. The Morgan fingerprint density at radius 1 is 0.946 bits per heavy atom. The van der Waals surface area contributed by atoms with Crippen LogP contribution >= 0.6 is 11.8 Å². The van der Waals surface area contributed by atoms with Crippen LogP contribution in [-0.4, -0.2) is 53.8 Å². The number of aromatic nitrogens is 1. The molecule has 2 aliphatic rings. The van der Waals surface area contributed by atoms with Crippen LogP contribution in [0.15, 0.2) is 95.0 Å². The number of aliphatic imine (C=N–C) groups is 1. The summed E-state index contributed by atoms with van der Waals surface area (Å²) in [7, 11) is 0. The van der Waals surface area contributed by atoms with Crippen molar-refractivity contribution in [2.75, 3.05) is 37.7 Å². The fourth-order valence-corrected chi connectivity index (χ4v) is 5.75. The number of anilines is 1. The number of amides is 1. The van der Waals surface area contributed by atoms with Crippen molar-refractivity contribution < 1.29 is 9.53 Å². The van der Waals surface area contributed by atoms with Crippen molar-refractivity contribution in [3.63, 3.8) is 0 Å². The largest absolute Gasteiger partial charge is 0.378 e. The van der Waals surface area contributed by atoms with Crippen molar-refractivity contribution in [1.29, 1.82) is 0 Å². The molecule has 1 aromatic heterocycles. The minimum Gasteiger partial charge on any atom is -0.378 e. The van der Waals surface area contributed by atoms with E-state index in [-0.39, 0.29) is 5.91 Å². The Hall–Kier alpha value is -3.81. The van der Waals surface area contributed by atoms with Crippen LogP contribution in [0.5, 0.6) is 0 Å². The molecule has 2 saturated heterocycles. The van der Waals surface area contributed by atoms with Crippen LogP contribution in [0.4, 0.5) is 11.4 Å². The van der Waals surface area contributed by atoms with Gasteiger partial charge >= 0.3 is 0 Å².